The number of aliphatic carboxylic acids is 1. The highest BCUT2D eigenvalue weighted by atomic mass is 79.9. The van der Waals surface area contributed by atoms with Crippen molar-refractivity contribution >= 4 is 44.7 Å². The molecule has 0 atom stereocenters. The van der Waals surface area contributed by atoms with Crippen LogP contribution in [0, 0.1) is 5.92 Å². The summed E-state index contributed by atoms with van der Waals surface area (Å²) in [5.74, 6) is -1.04. The summed E-state index contributed by atoms with van der Waals surface area (Å²) in [5, 5.41) is 14.7. The lowest BCUT2D eigenvalue weighted by Crippen LogP contribution is -2.41. The zero-order valence-corrected chi connectivity index (χ0v) is 14.4. The predicted octanol–water partition coefficient (Wildman–Crippen LogP) is 3.16. The van der Waals surface area contributed by atoms with Crippen molar-refractivity contribution in [1.29, 1.82) is 0 Å². The SMILES string of the molecule is O=C(Nc1ccc2nccnc2c1Br)NC1CCC(C(=O)O)CC1. The molecule has 1 aliphatic rings. The van der Waals surface area contributed by atoms with Crippen LogP contribution in [-0.4, -0.2) is 33.1 Å². The van der Waals surface area contributed by atoms with Gasteiger partial charge in [-0.2, -0.15) is 0 Å². The third-order valence-corrected chi connectivity index (χ3v) is 5.04. The largest absolute Gasteiger partial charge is 0.481 e. The minimum atomic E-state index is -0.751. The number of benzene rings is 1. The van der Waals surface area contributed by atoms with Gasteiger partial charge in [0.1, 0.15) is 5.52 Å². The Bertz CT molecular complexity index is 775. The summed E-state index contributed by atoms with van der Waals surface area (Å²) in [6, 6.07) is 3.25. The molecule has 1 saturated carbocycles. The lowest BCUT2D eigenvalue weighted by atomic mass is 9.86. The van der Waals surface area contributed by atoms with Crippen molar-refractivity contribution in [3.63, 3.8) is 0 Å². The molecule has 7 nitrogen and oxygen atoms in total. The number of amides is 2. The second-order valence-electron chi connectivity index (χ2n) is 5.84. The van der Waals surface area contributed by atoms with E-state index in [4.69, 9.17) is 5.11 Å². The molecule has 1 aliphatic carbocycles. The van der Waals surface area contributed by atoms with Gasteiger partial charge in [0.15, 0.2) is 0 Å². The average Bonchev–Trinajstić information content (AvgIpc) is 2.58. The van der Waals surface area contributed by atoms with Crippen molar-refractivity contribution in [3.05, 3.63) is 29.0 Å². The Morgan fingerprint density at radius 3 is 2.54 bits per heavy atom. The normalized spacial score (nSPS) is 20.5. The monoisotopic (exact) mass is 392 g/mol. The van der Waals surface area contributed by atoms with Crippen molar-refractivity contribution in [3.8, 4) is 0 Å². The van der Waals surface area contributed by atoms with Gasteiger partial charge in [0.2, 0.25) is 0 Å². The van der Waals surface area contributed by atoms with E-state index in [-0.39, 0.29) is 18.0 Å². The second kappa shape index (κ2) is 7.12. The van der Waals surface area contributed by atoms with E-state index in [1.807, 2.05) is 0 Å². The van der Waals surface area contributed by atoms with Gasteiger partial charge in [-0.3, -0.25) is 14.8 Å². The Labute approximate surface area is 147 Å². The van der Waals surface area contributed by atoms with Crippen molar-refractivity contribution < 1.29 is 14.7 Å². The Morgan fingerprint density at radius 1 is 1.12 bits per heavy atom. The van der Waals surface area contributed by atoms with Gasteiger partial charge >= 0.3 is 12.0 Å². The molecular formula is C16H17BrN4O3. The first-order valence-electron chi connectivity index (χ1n) is 7.74. The number of aromatic nitrogens is 2. The number of hydrogen-bond acceptors (Lipinski definition) is 4. The van der Waals surface area contributed by atoms with Crippen LogP contribution < -0.4 is 10.6 Å². The van der Waals surface area contributed by atoms with E-state index in [0.29, 0.717) is 41.4 Å². The summed E-state index contributed by atoms with van der Waals surface area (Å²) in [7, 11) is 0. The molecule has 2 amide bonds. The summed E-state index contributed by atoms with van der Waals surface area (Å²) in [6.45, 7) is 0. The van der Waals surface area contributed by atoms with Crippen molar-refractivity contribution in [2.24, 2.45) is 5.92 Å². The van der Waals surface area contributed by atoms with Crippen LogP contribution in [0.3, 0.4) is 0 Å². The number of rotatable bonds is 3. The van der Waals surface area contributed by atoms with E-state index in [1.165, 1.54) is 0 Å². The molecule has 1 heterocycles. The van der Waals surface area contributed by atoms with Gasteiger partial charge in [-0.15, -0.1) is 0 Å². The molecule has 24 heavy (non-hydrogen) atoms. The Balaban J connectivity index is 1.61. The van der Waals surface area contributed by atoms with Gasteiger partial charge in [-0.05, 0) is 53.7 Å². The second-order valence-corrected chi connectivity index (χ2v) is 6.63. The van der Waals surface area contributed by atoms with Gasteiger partial charge in [0.05, 0.1) is 21.6 Å². The Morgan fingerprint density at radius 2 is 1.83 bits per heavy atom. The highest BCUT2D eigenvalue weighted by molar-refractivity contribution is 9.10. The third kappa shape index (κ3) is 3.64. The molecule has 1 aromatic heterocycles. The Kier molecular flexibility index (Phi) is 4.94. The van der Waals surface area contributed by atoms with Crippen molar-refractivity contribution in [1.82, 2.24) is 15.3 Å². The number of nitrogens with one attached hydrogen (secondary N) is 2. The van der Waals surface area contributed by atoms with Crippen LogP contribution >= 0.6 is 15.9 Å². The van der Waals surface area contributed by atoms with Crippen LogP contribution in [0.5, 0.6) is 0 Å². The molecule has 0 radical (unpaired) electrons. The van der Waals surface area contributed by atoms with Gasteiger partial charge in [-0.25, -0.2) is 4.79 Å². The van der Waals surface area contributed by atoms with Crippen molar-refractivity contribution in [2.75, 3.05) is 5.32 Å². The van der Waals surface area contributed by atoms with Crippen LogP contribution in [0.15, 0.2) is 29.0 Å². The van der Waals surface area contributed by atoms with Gasteiger partial charge in [-0.1, -0.05) is 0 Å². The molecule has 2 aromatic rings. The molecule has 126 valence electrons. The average molecular weight is 393 g/mol. The number of carbonyl (C=O) groups is 2. The number of carboxylic acids is 1. The molecule has 1 fully saturated rings. The summed E-state index contributed by atoms with van der Waals surface area (Å²) < 4.78 is 0.679. The number of carbonyl (C=O) groups excluding carboxylic acids is 1. The molecule has 8 heteroatoms. The number of halogens is 1. The Hall–Kier alpha value is -2.22. The van der Waals surface area contributed by atoms with E-state index in [2.05, 4.69) is 36.5 Å². The minimum Gasteiger partial charge on any atom is -0.481 e. The first-order chi connectivity index (χ1) is 11.5. The van der Waals surface area contributed by atoms with E-state index < -0.39 is 5.97 Å². The molecule has 0 bridgehead atoms. The van der Waals surface area contributed by atoms with Crippen LogP contribution in [0.2, 0.25) is 0 Å². The van der Waals surface area contributed by atoms with E-state index in [9.17, 15) is 9.59 Å². The summed E-state index contributed by atoms with van der Waals surface area (Å²) in [5.41, 5.74) is 2.03. The third-order valence-electron chi connectivity index (χ3n) is 4.24. The van der Waals surface area contributed by atoms with Gasteiger partial charge in [0, 0.05) is 18.4 Å². The standard InChI is InChI=1S/C16H17BrN4O3/c17-13-11(5-6-12-14(13)19-8-7-18-12)21-16(24)20-10-3-1-9(2-4-10)15(22)23/h5-10H,1-4H2,(H,22,23)(H2,20,21,24). The van der Waals surface area contributed by atoms with E-state index >= 15 is 0 Å². The molecule has 0 spiro atoms. The number of fused-ring (bicyclic) bond motifs is 1. The molecular weight excluding hydrogens is 376 g/mol. The first-order valence-corrected chi connectivity index (χ1v) is 8.53. The molecule has 0 saturated heterocycles. The maximum Gasteiger partial charge on any atom is 0.319 e. The topological polar surface area (TPSA) is 104 Å². The smallest absolute Gasteiger partial charge is 0.319 e. The molecule has 0 unspecified atom stereocenters. The van der Waals surface area contributed by atoms with Crippen LogP contribution in [-0.2, 0) is 4.79 Å². The zero-order chi connectivity index (χ0) is 17.1. The summed E-state index contributed by atoms with van der Waals surface area (Å²) in [6.07, 6.45) is 5.74. The predicted molar refractivity (Wildman–Crippen MR) is 92.8 cm³/mol. The quantitative estimate of drug-likeness (QED) is 0.743. The molecule has 3 N–H and O–H groups in total. The highest BCUT2D eigenvalue weighted by Gasteiger charge is 2.26. The summed E-state index contributed by atoms with van der Waals surface area (Å²) >= 11 is 3.45. The van der Waals surface area contributed by atoms with Crippen molar-refractivity contribution in [2.45, 2.75) is 31.7 Å². The first kappa shape index (κ1) is 16.6. The fraction of sp³-hybridized carbons (Fsp3) is 0.375. The highest BCUT2D eigenvalue weighted by Crippen LogP contribution is 2.29. The maximum absolute atomic E-state index is 12.2. The number of nitrogens with zero attached hydrogens (tertiary/aromatic N) is 2. The van der Waals surface area contributed by atoms with Crippen LogP contribution in [0.1, 0.15) is 25.7 Å². The summed E-state index contributed by atoms with van der Waals surface area (Å²) in [4.78, 5) is 31.6. The van der Waals surface area contributed by atoms with E-state index in [1.54, 1.807) is 24.5 Å². The lowest BCUT2D eigenvalue weighted by Gasteiger charge is -2.26. The van der Waals surface area contributed by atoms with Gasteiger partial charge in [0.25, 0.3) is 0 Å². The van der Waals surface area contributed by atoms with Crippen LogP contribution in [0.4, 0.5) is 10.5 Å². The number of urea groups is 1. The zero-order valence-electron chi connectivity index (χ0n) is 12.8. The fourth-order valence-electron chi connectivity index (χ4n) is 2.93. The number of anilines is 1. The minimum absolute atomic E-state index is 0.000349. The van der Waals surface area contributed by atoms with Gasteiger partial charge < -0.3 is 15.7 Å². The number of carboxylic acid groups (broad SMARTS) is 1. The molecule has 3 rings (SSSR count). The lowest BCUT2D eigenvalue weighted by molar-refractivity contribution is -0.142. The number of hydrogen-bond donors (Lipinski definition) is 3. The van der Waals surface area contributed by atoms with E-state index in [0.717, 1.165) is 5.52 Å². The van der Waals surface area contributed by atoms with Crippen LogP contribution in [0.25, 0.3) is 11.0 Å². The molecule has 0 aliphatic heterocycles. The molecule has 1 aromatic carbocycles. The maximum atomic E-state index is 12.2. The fourth-order valence-corrected chi connectivity index (χ4v) is 3.46.